The van der Waals surface area contributed by atoms with Gasteiger partial charge in [-0.05, 0) is 46.6 Å². The Morgan fingerprint density at radius 2 is 2.00 bits per heavy atom. The van der Waals surface area contributed by atoms with E-state index in [0.29, 0.717) is 10.2 Å². The van der Waals surface area contributed by atoms with Gasteiger partial charge in [-0.25, -0.2) is 8.42 Å². The van der Waals surface area contributed by atoms with Gasteiger partial charge in [-0.15, -0.1) is 0 Å². The van der Waals surface area contributed by atoms with Crippen molar-refractivity contribution < 1.29 is 13.2 Å². The smallest absolute Gasteiger partial charge is 0.242 e. The fourth-order valence-electron chi connectivity index (χ4n) is 1.26. The number of nitrogens with zero attached hydrogens (tertiary/aromatic N) is 1. The highest BCUT2D eigenvalue weighted by Crippen LogP contribution is 2.28. The number of benzene rings is 1. The number of para-hydroxylation sites is 1. The predicted octanol–water partition coefficient (Wildman–Crippen LogP) is 2.37. The lowest BCUT2D eigenvalue weighted by atomic mass is 10.3. The number of rotatable bonds is 5. The van der Waals surface area contributed by atoms with Gasteiger partial charge in [-0.1, -0.05) is 12.1 Å². The molecule has 0 aliphatic rings. The van der Waals surface area contributed by atoms with Crippen molar-refractivity contribution in [2.75, 3.05) is 16.6 Å². The fraction of sp³-hybridized carbons (Fsp3) is 0.300. The van der Waals surface area contributed by atoms with Crippen LogP contribution in [0.2, 0.25) is 0 Å². The van der Waals surface area contributed by atoms with Crippen LogP contribution in [-0.2, 0) is 14.8 Å². The van der Waals surface area contributed by atoms with Gasteiger partial charge in [-0.3, -0.25) is 9.10 Å². The Kier molecular flexibility index (Phi) is 4.97. The lowest BCUT2D eigenvalue weighted by Gasteiger charge is -2.23. The first-order chi connectivity index (χ1) is 7.88. The molecule has 0 radical (unpaired) electrons. The van der Waals surface area contributed by atoms with Crippen LogP contribution in [0.25, 0.3) is 0 Å². The zero-order chi connectivity index (χ0) is 13.1. The Labute approximate surface area is 114 Å². The first-order valence-corrected chi connectivity index (χ1v) is 7.59. The Hall–Kier alpha value is -0.590. The minimum absolute atomic E-state index is 0.0987. The topological polar surface area (TPSA) is 54.5 Å². The lowest BCUT2D eigenvalue weighted by Crippen LogP contribution is -2.35. The summed E-state index contributed by atoms with van der Waals surface area (Å²) in [5.74, 6) is -0.0987. The number of hydrogen-bond donors (Lipinski definition) is 0. The maximum Gasteiger partial charge on any atom is 0.242 e. The van der Waals surface area contributed by atoms with Gasteiger partial charge >= 0.3 is 0 Å². The van der Waals surface area contributed by atoms with Crippen molar-refractivity contribution in [2.24, 2.45) is 0 Å². The van der Waals surface area contributed by atoms with Crippen molar-refractivity contribution >= 4 is 48.5 Å². The summed E-state index contributed by atoms with van der Waals surface area (Å²) < 4.78 is 25.4. The molecule has 0 saturated carbocycles. The number of carbonyl (C=O) groups excluding carboxylic acids is 1. The van der Waals surface area contributed by atoms with Crippen LogP contribution >= 0.6 is 27.5 Å². The van der Waals surface area contributed by atoms with Crippen LogP contribution in [0.4, 0.5) is 5.69 Å². The highest BCUT2D eigenvalue weighted by Gasteiger charge is 2.24. The van der Waals surface area contributed by atoms with Gasteiger partial charge in [0, 0.05) is 4.47 Å². The van der Waals surface area contributed by atoms with E-state index in [1.807, 2.05) is 0 Å². The highest BCUT2D eigenvalue weighted by atomic mass is 79.9. The summed E-state index contributed by atoms with van der Waals surface area (Å²) in [6.07, 6.45) is 0. The molecule has 0 aromatic heterocycles. The van der Waals surface area contributed by atoms with Gasteiger partial charge < -0.3 is 0 Å². The van der Waals surface area contributed by atoms with Gasteiger partial charge in [0.2, 0.25) is 15.3 Å². The van der Waals surface area contributed by atoms with E-state index in [1.54, 1.807) is 24.3 Å². The molecule has 0 heterocycles. The number of hydrogen-bond acceptors (Lipinski definition) is 3. The summed E-state index contributed by atoms with van der Waals surface area (Å²) in [6, 6.07) is 6.76. The van der Waals surface area contributed by atoms with Crippen LogP contribution in [0.5, 0.6) is 0 Å². The number of carbonyl (C=O) groups is 1. The van der Waals surface area contributed by atoms with Crippen LogP contribution in [-0.4, -0.2) is 26.0 Å². The van der Waals surface area contributed by atoms with E-state index in [9.17, 15) is 13.2 Å². The summed E-state index contributed by atoms with van der Waals surface area (Å²) >= 11 is 8.53. The van der Waals surface area contributed by atoms with Crippen LogP contribution in [0, 0.1) is 0 Å². The molecule has 1 rings (SSSR count). The first-order valence-electron chi connectivity index (χ1n) is 4.81. The average molecular weight is 341 g/mol. The van der Waals surface area contributed by atoms with E-state index in [1.165, 1.54) is 6.92 Å². The average Bonchev–Trinajstić information content (AvgIpc) is 2.26. The Bertz CT molecular complexity index is 518. The zero-order valence-electron chi connectivity index (χ0n) is 9.06. The predicted molar refractivity (Wildman–Crippen MR) is 71.8 cm³/mol. The van der Waals surface area contributed by atoms with E-state index in [0.717, 1.165) is 4.31 Å². The fourth-order valence-corrected chi connectivity index (χ4v) is 3.15. The highest BCUT2D eigenvalue weighted by molar-refractivity contribution is 9.10. The molecular formula is C10H11BrClNO3S. The summed E-state index contributed by atoms with van der Waals surface area (Å²) in [7, 11) is -3.53. The molecule has 4 nitrogen and oxygen atoms in total. The second-order valence-corrected chi connectivity index (χ2v) is 6.67. The maximum absolute atomic E-state index is 11.9. The van der Waals surface area contributed by atoms with Crippen molar-refractivity contribution in [2.45, 2.75) is 6.92 Å². The SMILES string of the molecule is CCS(=O)(=O)N(CC(=O)Cl)c1ccccc1Br. The molecule has 17 heavy (non-hydrogen) atoms. The van der Waals surface area contributed by atoms with E-state index < -0.39 is 15.3 Å². The Balaban J connectivity index is 3.25. The molecule has 0 N–H and O–H groups in total. The third kappa shape index (κ3) is 3.69. The van der Waals surface area contributed by atoms with Crippen molar-refractivity contribution in [3.05, 3.63) is 28.7 Å². The Morgan fingerprint density at radius 1 is 1.41 bits per heavy atom. The van der Waals surface area contributed by atoms with Crippen LogP contribution in [0.1, 0.15) is 6.92 Å². The van der Waals surface area contributed by atoms with E-state index in [2.05, 4.69) is 15.9 Å². The summed E-state index contributed by atoms with van der Waals surface area (Å²) in [5.41, 5.74) is 0.406. The first kappa shape index (κ1) is 14.5. The Morgan fingerprint density at radius 3 is 2.47 bits per heavy atom. The molecule has 0 bridgehead atoms. The van der Waals surface area contributed by atoms with E-state index in [4.69, 9.17) is 11.6 Å². The third-order valence-electron chi connectivity index (χ3n) is 2.09. The summed E-state index contributed by atoms with van der Waals surface area (Å²) in [4.78, 5) is 10.9. The number of sulfonamides is 1. The molecule has 0 aliphatic carbocycles. The van der Waals surface area contributed by atoms with Gasteiger partial charge in [0.15, 0.2) is 0 Å². The maximum atomic E-state index is 11.9. The van der Waals surface area contributed by atoms with Crippen LogP contribution in [0.15, 0.2) is 28.7 Å². The second-order valence-electron chi connectivity index (χ2n) is 3.21. The molecule has 1 aromatic rings. The zero-order valence-corrected chi connectivity index (χ0v) is 12.2. The minimum atomic E-state index is -3.53. The van der Waals surface area contributed by atoms with Crippen molar-refractivity contribution in [1.29, 1.82) is 0 Å². The van der Waals surface area contributed by atoms with Gasteiger partial charge in [0.25, 0.3) is 0 Å². The molecule has 0 atom stereocenters. The molecule has 0 fully saturated rings. The molecule has 0 saturated heterocycles. The van der Waals surface area contributed by atoms with E-state index in [-0.39, 0.29) is 12.3 Å². The normalized spacial score (nSPS) is 11.2. The molecule has 0 amide bonds. The van der Waals surface area contributed by atoms with Crippen molar-refractivity contribution in [1.82, 2.24) is 0 Å². The van der Waals surface area contributed by atoms with Crippen LogP contribution < -0.4 is 4.31 Å². The van der Waals surface area contributed by atoms with Crippen molar-refractivity contribution in [3.8, 4) is 0 Å². The minimum Gasteiger partial charge on any atom is -0.279 e. The largest absolute Gasteiger partial charge is 0.279 e. The number of anilines is 1. The molecule has 0 spiro atoms. The summed E-state index contributed by atoms with van der Waals surface area (Å²) in [6.45, 7) is 1.14. The van der Waals surface area contributed by atoms with Crippen LogP contribution in [0.3, 0.4) is 0 Å². The molecule has 7 heteroatoms. The number of halogens is 2. The van der Waals surface area contributed by atoms with Gasteiger partial charge in [-0.2, -0.15) is 0 Å². The standard InChI is InChI=1S/C10H11BrClNO3S/c1-2-17(15,16)13(7-10(12)14)9-6-4-3-5-8(9)11/h3-6H,2,7H2,1H3. The molecule has 1 aromatic carbocycles. The quantitative estimate of drug-likeness (QED) is 0.773. The van der Waals surface area contributed by atoms with Gasteiger partial charge in [0.05, 0.1) is 11.4 Å². The lowest BCUT2D eigenvalue weighted by molar-refractivity contribution is -0.110. The molecule has 0 unspecified atom stereocenters. The van der Waals surface area contributed by atoms with Gasteiger partial charge in [0.1, 0.15) is 6.54 Å². The summed E-state index contributed by atoms with van der Waals surface area (Å²) in [5, 5.41) is -0.724. The second kappa shape index (κ2) is 5.84. The monoisotopic (exact) mass is 339 g/mol. The third-order valence-corrected chi connectivity index (χ3v) is 4.61. The molecule has 94 valence electrons. The van der Waals surface area contributed by atoms with Crippen molar-refractivity contribution in [3.63, 3.8) is 0 Å². The van der Waals surface area contributed by atoms with E-state index >= 15 is 0 Å². The molecule has 0 aliphatic heterocycles. The molecular weight excluding hydrogens is 330 g/mol.